The van der Waals surface area contributed by atoms with E-state index in [0.717, 1.165) is 15.8 Å². The van der Waals surface area contributed by atoms with E-state index in [2.05, 4.69) is 26.2 Å². The second-order valence-electron chi connectivity index (χ2n) is 4.55. The van der Waals surface area contributed by atoms with Crippen LogP contribution in [0.5, 0.6) is 5.75 Å². The van der Waals surface area contributed by atoms with Gasteiger partial charge in [-0.15, -0.1) is 0 Å². The third-order valence-corrected chi connectivity index (χ3v) is 3.32. The fraction of sp³-hybridized carbons (Fsp3) is 0.250. The minimum atomic E-state index is 0.0247. The molecule has 0 saturated carbocycles. The molecule has 0 atom stereocenters. The zero-order chi connectivity index (χ0) is 14.9. The van der Waals surface area contributed by atoms with Crippen LogP contribution in [0.4, 0.5) is 0 Å². The number of aromatic nitrogens is 1. The van der Waals surface area contributed by atoms with E-state index >= 15 is 0 Å². The number of nitrogens with one attached hydrogen (secondary N) is 1. The summed E-state index contributed by atoms with van der Waals surface area (Å²) in [5.41, 5.74) is 0.997. The Morgan fingerprint density at radius 2 is 2.19 bits per heavy atom. The van der Waals surface area contributed by atoms with Crippen LogP contribution in [-0.2, 0) is 11.3 Å². The number of hydrogen-bond donors (Lipinski definition) is 1. The lowest BCUT2D eigenvalue weighted by Crippen LogP contribution is -2.23. The normalized spacial score (nSPS) is 10.1. The van der Waals surface area contributed by atoms with Crippen molar-refractivity contribution in [1.82, 2.24) is 10.3 Å². The van der Waals surface area contributed by atoms with Crippen LogP contribution in [0.1, 0.15) is 18.4 Å². The lowest BCUT2D eigenvalue weighted by molar-refractivity contribution is -0.121. The Balaban J connectivity index is 1.61. The number of hydrogen-bond acceptors (Lipinski definition) is 3. The predicted molar refractivity (Wildman–Crippen MR) is 85.0 cm³/mol. The summed E-state index contributed by atoms with van der Waals surface area (Å²) in [6.45, 7) is 1.04. The minimum Gasteiger partial charge on any atom is -0.494 e. The minimum absolute atomic E-state index is 0.0247. The topological polar surface area (TPSA) is 51.2 Å². The van der Waals surface area contributed by atoms with Crippen LogP contribution in [0.15, 0.2) is 53.3 Å². The number of rotatable bonds is 7. The summed E-state index contributed by atoms with van der Waals surface area (Å²) in [6, 6.07) is 11.4. The molecule has 0 spiro atoms. The first-order valence-corrected chi connectivity index (χ1v) is 7.57. The molecular weight excluding hydrogens is 332 g/mol. The Bertz CT molecular complexity index is 575. The van der Waals surface area contributed by atoms with Crippen molar-refractivity contribution in [3.63, 3.8) is 0 Å². The van der Waals surface area contributed by atoms with Crippen molar-refractivity contribution in [2.75, 3.05) is 6.61 Å². The average molecular weight is 349 g/mol. The van der Waals surface area contributed by atoms with Crippen LogP contribution in [0.25, 0.3) is 0 Å². The zero-order valence-corrected chi connectivity index (χ0v) is 13.2. The van der Waals surface area contributed by atoms with Crippen molar-refractivity contribution in [2.45, 2.75) is 19.4 Å². The van der Waals surface area contributed by atoms with Gasteiger partial charge in [0.25, 0.3) is 0 Å². The summed E-state index contributed by atoms with van der Waals surface area (Å²) in [7, 11) is 0. The Morgan fingerprint density at radius 3 is 2.95 bits per heavy atom. The van der Waals surface area contributed by atoms with Gasteiger partial charge in [0.05, 0.1) is 6.61 Å². The number of carbonyl (C=O) groups excluding carboxylic acids is 1. The first-order chi connectivity index (χ1) is 10.2. The van der Waals surface area contributed by atoms with E-state index in [4.69, 9.17) is 4.74 Å². The van der Waals surface area contributed by atoms with Gasteiger partial charge >= 0.3 is 0 Å². The maximum absolute atomic E-state index is 11.7. The second kappa shape index (κ2) is 8.42. The van der Waals surface area contributed by atoms with Gasteiger partial charge in [0, 0.05) is 29.8 Å². The Morgan fingerprint density at radius 1 is 1.29 bits per heavy atom. The van der Waals surface area contributed by atoms with E-state index in [9.17, 15) is 4.79 Å². The molecule has 0 aliphatic rings. The van der Waals surface area contributed by atoms with Crippen molar-refractivity contribution in [3.05, 3.63) is 58.8 Å². The molecule has 2 rings (SSSR count). The highest BCUT2D eigenvalue weighted by atomic mass is 79.9. The van der Waals surface area contributed by atoms with E-state index < -0.39 is 0 Å². The first-order valence-electron chi connectivity index (χ1n) is 6.78. The highest BCUT2D eigenvalue weighted by molar-refractivity contribution is 9.10. The van der Waals surface area contributed by atoms with Gasteiger partial charge in [-0.2, -0.15) is 0 Å². The average Bonchev–Trinajstić information content (AvgIpc) is 2.51. The van der Waals surface area contributed by atoms with Gasteiger partial charge in [-0.25, -0.2) is 0 Å². The molecule has 0 radical (unpaired) electrons. The molecule has 110 valence electrons. The molecule has 0 aliphatic carbocycles. The van der Waals surface area contributed by atoms with E-state index in [1.807, 2.05) is 36.4 Å². The summed E-state index contributed by atoms with van der Waals surface area (Å²) < 4.78 is 6.56. The maximum Gasteiger partial charge on any atom is 0.220 e. The van der Waals surface area contributed by atoms with E-state index in [-0.39, 0.29) is 5.91 Å². The van der Waals surface area contributed by atoms with Crippen LogP contribution in [0.3, 0.4) is 0 Å². The van der Waals surface area contributed by atoms with Gasteiger partial charge in [0.2, 0.25) is 5.91 Å². The van der Waals surface area contributed by atoms with Gasteiger partial charge in [-0.3, -0.25) is 9.78 Å². The smallest absolute Gasteiger partial charge is 0.220 e. The largest absolute Gasteiger partial charge is 0.494 e. The first kappa shape index (κ1) is 15.5. The molecule has 1 amide bonds. The number of carbonyl (C=O) groups is 1. The molecule has 1 aromatic heterocycles. The van der Waals surface area contributed by atoms with E-state index in [0.29, 0.717) is 26.0 Å². The fourth-order valence-corrected chi connectivity index (χ4v) is 2.15. The predicted octanol–water partition coefficient (Wildman–Crippen LogP) is 3.32. The molecular formula is C16H17BrN2O2. The number of nitrogens with zero attached hydrogens (tertiary/aromatic N) is 1. The number of pyridine rings is 1. The van der Waals surface area contributed by atoms with Crippen molar-refractivity contribution in [2.24, 2.45) is 0 Å². The van der Waals surface area contributed by atoms with Gasteiger partial charge in [0.1, 0.15) is 5.75 Å². The molecule has 1 aromatic carbocycles. The Hall–Kier alpha value is -1.88. The molecule has 0 fully saturated rings. The molecule has 0 aliphatic heterocycles. The highest BCUT2D eigenvalue weighted by Gasteiger charge is 2.02. The number of benzene rings is 1. The number of ether oxygens (including phenoxy) is 1. The van der Waals surface area contributed by atoms with Gasteiger partial charge in [0.15, 0.2) is 0 Å². The van der Waals surface area contributed by atoms with Crippen molar-refractivity contribution in [1.29, 1.82) is 0 Å². The number of halogens is 1. The van der Waals surface area contributed by atoms with Crippen LogP contribution in [0, 0.1) is 0 Å². The quantitative estimate of drug-likeness (QED) is 0.781. The van der Waals surface area contributed by atoms with Crippen molar-refractivity contribution < 1.29 is 9.53 Å². The lowest BCUT2D eigenvalue weighted by Gasteiger charge is -2.07. The zero-order valence-electron chi connectivity index (χ0n) is 11.6. The molecule has 21 heavy (non-hydrogen) atoms. The van der Waals surface area contributed by atoms with Gasteiger partial charge < -0.3 is 10.1 Å². The molecule has 1 N–H and O–H groups in total. The molecule has 5 heteroatoms. The summed E-state index contributed by atoms with van der Waals surface area (Å²) in [5.74, 6) is 0.830. The van der Waals surface area contributed by atoms with Crippen molar-refractivity contribution in [3.8, 4) is 5.75 Å². The number of amides is 1. The van der Waals surface area contributed by atoms with Crippen LogP contribution in [-0.4, -0.2) is 17.5 Å². The summed E-state index contributed by atoms with van der Waals surface area (Å²) >= 11 is 3.39. The molecule has 2 aromatic rings. The Labute approximate surface area is 132 Å². The standard InChI is InChI=1S/C16H17BrN2O2/c17-14-5-1-6-15(10-14)21-9-3-7-16(20)19-12-13-4-2-8-18-11-13/h1-2,4-6,8,10-11H,3,7,9,12H2,(H,19,20). The van der Waals surface area contributed by atoms with Crippen molar-refractivity contribution >= 4 is 21.8 Å². The lowest BCUT2D eigenvalue weighted by atomic mass is 10.2. The van der Waals surface area contributed by atoms with Crippen LogP contribution < -0.4 is 10.1 Å². The maximum atomic E-state index is 11.7. The van der Waals surface area contributed by atoms with E-state index in [1.165, 1.54) is 0 Å². The molecule has 0 saturated heterocycles. The highest BCUT2D eigenvalue weighted by Crippen LogP contribution is 2.17. The SMILES string of the molecule is O=C(CCCOc1cccc(Br)c1)NCc1cccnc1. The second-order valence-corrected chi connectivity index (χ2v) is 5.46. The summed E-state index contributed by atoms with van der Waals surface area (Å²) in [4.78, 5) is 15.7. The summed E-state index contributed by atoms with van der Waals surface area (Å²) in [5, 5.41) is 2.86. The van der Waals surface area contributed by atoms with Crippen LogP contribution in [0.2, 0.25) is 0 Å². The molecule has 0 unspecified atom stereocenters. The molecule has 0 bridgehead atoms. The summed E-state index contributed by atoms with van der Waals surface area (Å²) in [6.07, 6.45) is 4.60. The third kappa shape index (κ3) is 5.95. The Kier molecular flexibility index (Phi) is 6.22. The third-order valence-electron chi connectivity index (χ3n) is 2.83. The molecule has 1 heterocycles. The monoisotopic (exact) mass is 348 g/mol. The van der Waals surface area contributed by atoms with Gasteiger partial charge in [-0.05, 0) is 36.2 Å². The van der Waals surface area contributed by atoms with Gasteiger partial charge in [-0.1, -0.05) is 28.1 Å². The molecule has 4 nitrogen and oxygen atoms in total. The van der Waals surface area contributed by atoms with E-state index in [1.54, 1.807) is 12.4 Å². The van der Waals surface area contributed by atoms with Crippen LogP contribution >= 0.6 is 15.9 Å². The fourth-order valence-electron chi connectivity index (χ4n) is 1.77.